The number of hydrogen-bond donors (Lipinski definition) is 1. The summed E-state index contributed by atoms with van der Waals surface area (Å²) in [5.41, 5.74) is 3.85. The minimum absolute atomic E-state index is 0.0486. The largest absolute Gasteiger partial charge is 0.505 e. The molecule has 1 aromatic heterocycles. The van der Waals surface area contributed by atoms with Crippen LogP contribution in [0.25, 0.3) is 23.1 Å². The van der Waals surface area contributed by atoms with Crippen LogP contribution in [0.3, 0.4) is 0 Å². The summed E-state index contributed by atoms with van der Waals surface area (Å²) in [7, 11) is 0. The zero-order valence-electron chi connectivity index (χ0n) is 13.4. The average Bonchev–Trinajstić information content (AvgIpc) is 2.58. The number of rotatable bonds is 3. The van der Waals surface area contributed by atoms with E-state index in [0.717, 1.165) is 22.1 Å². The van der Waals surface area contributed by atoms with Gasteiger partial charge in [-0.1, -0.05) is 30.3 Å². The van der Waals surface area contributed by atoms with Gasteiger partial charge in [-0.05, 0) is 42.7 Å². The number of nitro groups is 1. The molecule has 0 amide bonds. The summed E-state index contributed by atoms with van der Waals surface area (Å²) in [6, 6.07) is 12.1. The first-order chi connectivity index (χ1) is 11.5. The lowest BCUT2D eigenvalue weighted by molar-refractivity contribution is -0.384. The van der Waals surface area contributed by atoms with Gasteiger partial charge in [0.15, 0.2) is 0 Å². The molecule has 0 aliphatic carbocycles. The van der Waals surface area contributed by atoms with Crippen LogP contribution in [0.15, 0.2) is 42.5 Å². The molecular formula is C19H16N2O3. The molecule has 5 heteroatoms. The zero-order valence-corrected chi connectivity index (χ0v) is 13.4. The van der Waals surface area contributed by atoms with Gasteiger partial charge in [0.1, 0.15) is 11.3 Å². The van der Waals surface area contributed by atoms with Crippen molar-refractivity contribution in [3.63, 3.8) is 0 Å². The van der Waals surface area contributed by atoms with Crippen molar-refractivity contribution in [1.82, 2.24) is 4.98 Å². The predicted molar refractivity (Wildman–Crippen MR) is 94.9 cm³/mol. The summed E-state index contributed by atoms with van der Waals surface area (Å²) in [5.74, 6) is 0.182. The number of non-ortho nitro benzene ring substituents is 1. The summed E-state index contributed by atoms with van der Waals surface area (Å²) >= 11 is 0. The third kappa shape index (κ3) is 2.96. The van der Waals surface area contributed by atoms with Crippen molar-refractivity contribution >= 4 is 28.7 Å². The quantitative estimate of drug-likeness (QED) is 0.563. The van der Waals surface area contributed by atoms with Crippen LogP contribution in [-0.2, 0) is 0 Å². The van der Waals surface area contributed by atoms with E-state index in [-0.39, 0.29) is 11.4 Å². The van der Waals surface area contributed by atoms with Gasteiger partial charge in [0.2, 0.25) is 0 Å². The lowest BCUT2D eigenvalue weighted by Crippen LogP contribution is -1.89. The molecule has 120 valence electrons. The number of aromatic hydroxyl groups is 1. The lowest BCUT2D eigenvalue weighted by atomic mass is 10.0. The topological polar surface area (TPSA) is 76.3 Å². The second-order valence-corrected chi connectivity index (χ2v) is 5.68. The van der Waals surface area contributed by atoms with Crippen LogP contribution < -0.4 is 0 Å². The third-order valence-electron chi connectivity index (χ3n) is 3.90. The second kappa shape index (κ2) is 6.12. The van der Waals surface area contributed by atoms with Crippen LogP contribution in [0, 0.1) is 24.0 Å². The van der Waals surface area contributed by atoms with Gasteiger partial charge in [0, 0.05) is 17.5 Å². The Morgan fingerprint density at radius 1 is 1.08 bits per heavy atom. The van der Waals surface area contributed by atoms with Gasteiger partial charge >= 0.3 is 0 Å². The first kappa shape index (κ1) is 15.7. The van der Waals surface area contributed by atoms with Crippen LogP contribution in [0.4, 0.5) is 5.69 Å². The fourth-order valence-corrected chi connectivity index (χ4v) is 2.65. The number of benzene rings is 2. The fraction of sp³-hybridized carbons (Fsp3) is 0.105. The smallest absolute Gasteiger partial charge is 0.270 e. The maximum absolute atomic E-state index is 10.8. The van der Waals surface area contributed by atoms with Crippen molar-refractivity contribution in [1.29, 1.82) is 0 Å². The van der Waals surface area contributed by atoms with Crippen LogP contribution in [0.2, 0.25) is 0 Å². The number of fused-ring (bicyclic) bond motifs is 1. The van der Waals surface area contributed by atoms with E-state index in [4.69, 9.17) is 0 Å². The highest BCUT2D eigenvalue weighted by molar-refractivity contribution is 5.89. The molecule has 5 nitrogen and oxygen atoms in total. The van der Waals surface area contributed by atoms with Gasteiger partial charge in [0.05, 0.1) is 10.6 Å². The van der Waals surface area contributed by atoms with Gasteiger partial charge in [-0.2, -0.15) is 0 Å². The summed E-state index contributed by atoms with van der Waals surface area (Å²) in [4.78, 5) is 14.9. The summed E-state index contributed by atoms with van der Waals surface area (Å²) in [6.45, 7) is 3.82. The molecule has 0 fully saturated rings. The molecule has 3 rings (SSSR count). The Hall–Kier alpha value is -3.21. The highest BCUT2D eigenvalue weighted by Crippen LogP contribution is 2.30. The van der Waals surface area contributed by atoms with Gasteiger partial charge in [0.25, 0.3) is 5.69 Å². The molecule has 0 unspecified atom stereocenters. The second-order valence-electron chi connectivity index (χ2n) is 5.68. The molecule has 1 N–H and O–H groups in total. The summed E-state index contributed by atoms with van der Waals surface area (Å²) in [6.07, 6.45) is 3.54. The number of pyridine rings is 1. The van der Waals surface area contributed by atoms with E-state index in [0.29, 0.717) is 11.2 Å². The number of hydrogen-bond acceptors (Lipinski definition) is 4. The van der Waals surface area contributed by atoms with Crippen LogP contribution in [-0.4, -0.2) is 15.0 Å². The SMILES string of the molecule is Cc1cc(C)c2ccc(/C=C/c3cccc([N+](=O)[O-])c3)nc2c1O. The molecule has 0 aliphatic heterocycles. The van der Waals surface area contributed by atoms with Gasteiger partial charge in [-0.25, -0.2) is 4.98 Å². The molecule has 0 aliphatic rings. The number of aromatic nitrogens is 1. The van der Waals surface area contributed by atoms with Crippen LogP contribution in [0.1, 0.15) is 22.4 Å². The first-order valence-electron chi connectivity index (χ1n) is 7.48. The van der Waals surface area contributed by atoms with Crippen molar-refractivity contribution in [2.24, 2.45) is 0 Å². The van der Waals surface area contributed by atoms with Crippen molar-refractivity contribution in [3.05, 3.63) is 75.0 Å². The molecule has 0 bridgehead atoms. The van der Waals surface area contributed by atoms with E-state index in [1.165, 1.54) is 12.1 Å². The highest BCUT2D eigenvalue weighted by atomic mass is 16.6. The van der Waals surface area contributed by atoms with Gasteiger partial charge in [-0.3, -0.25) is 10.1 Å². The van der Waals surface area contributed by atoms with E-state index in [1.807, 2.05) is 32.0 Å². The van der Waals surface area contributed by atoms with E-state index < -0.39 is 4.92 Å². The monoisotopic (exact) mass is 320 g/mol. The molecule has 0 atom stereocenters. The Morgan fingerprint density at radius 2 is 1.88 bits per heavy atom. The van der Waals surface area contributed by atoms with Crippen molar-refractivity contribution < 1.29 is 10.0 Å². The molecule has 2 aromatic carbocycles. The summed E-state index contributed by atoms with van der Waals surface area (Å²) < 4.78 is 0. The molecule has 1 heterocycles. The fourth-order valence-electron chi connectivity index (χ4n) is 2.65. The molecule has 3 aromatic rings. The molecular weight excluding hydrogens is 304 g/mol. The number of nitro benzene ring substituents is 1. The standard InChI is InChI=1S/C19H16N2O3/c1-12-10-13(2)19(22)18-17(12)9-8-15(20-18)7-6-14-4-3-5-16(11-14)21(23)24/h3-11,22H,1-2H3/b7-6+. The van der Waals surface area contributed by atoms with Crippen molar-refractivity contribution in [2.45, 2.75) is 13.8 Å². The predicted octanol–water partition coefficient (Wildman–Crippen LogP) is 4.64. The Labute approximate surface area is 139 Å². The Morgan fingerprint density at radius 3 is 2.62 bits per heavy atom. The number of nitrogens with zero attached hydrogens (tertiary/aromatic N) is 2. The maximum atomic E-state index is 10.8. The minimum atomic E-state index is -0.421. The van der Waals surface area contributed by atoms with Crippen molar-refractivity contribution in [3.8, 4) is 5.75 Å². The number of aryl methyl sites for hydroxylation is 2. The third-order valence-corrected chi connectivity index (χ3v) is 3.90. The normalized spacial score (nSPS) is 11.2. The zero-order chi connectivity index (χ0) is 17.3. The molecule has 0 saturated carbocycles. The number of phenolic OH excluding ortho intramolecular Hbond substituents is 1. The van der Waals surface area contributed by atoms with Crippen LogP contribution in [0.5, 0.6) is 5.75 Å². The average molecular weight is 320 g/mol. The van der Waals surface area contributed by atoms with E-state index >= 15 is 0 Å². The molecule has 0 saturated heterocycles. The molecule has 0 spiro atoms. The summed E-state index contributed by atoms with van der Waals surface area (Å²) in [5, 5.41) is 22.0. The first-order valence-corrected chi connectivity index (χ1v) is 7.48. The Bertz CT molecular complexity index is 978. The Kier molecular flexibility index (Phi) is 4.00. The van der Waals surface area contributed by atoms with E-state index in [9.17, 15) is 15.2 Å². The Balaban J connectivity index is 2.00. The lowest BCUT2D eigenvalue weighted by Gasteiger charge is -2.07. The highest BCUT2D eigenvalue weighted by Gasteiger charge is 2.08. The van der Waals surface area contributed by atoms with Crippen molar-refractivity contribution in [2.75, 3.05) is 0 Å². The van der Waals surface area contributed by atoms with E-state index in [1.54, 1.807) is 24.3 Å². The molecule has 24 heavy (non-hydrogen) atoms. The maximum Gasteiger partial charge on any atom is 0.270 e. The number of phenols is 1. The minimum Gasteiger partial charge on any atom is -0.505 e. The molecule has 0 radical (unpaired) electrons. The van der Waals surface area contributed by atoms with Gasteiger partial charge in [-0.15, -0.1) is 0 Å². The van der Waals surface area contributed by atoms with Gasteiger partial charge < -0.3 is 5.11 Å². The van der Waals surface area contributed by atoms with Crippen LogP contribution >= 0.6 is 0 Å². The van der Waals surface area contributed by atoms with E-state index in [2.05, 4.69) is 4.98 Å².